The van der Waals surface area contributed by atoms with Crippen molar-refractivity contribution in [3.63, 3.8) is 0 Å². The lowest BCUT2D eigenvalue weighted by Crippen LogP contribution is -2.38. The Balaban J connectivity index is 1.74. The number of hydrogen-bond donors (Lipinski definition) is 2. The van der Waals surface area contributed by atoms with Crippen LogP contribution in [0.1, 0.15) is 40.2 Å². The van der Waals surface area contributed by atoms with Gasteiger partial charge in [-0.25, -0.2) is 13.1 Å². The van der Waals surface area contributed by atoms with Gasteiger partial charge in [0.2, 0.25) is 10.0 Å². The molecule has 1 fully saturated rings. The molecular weight excluding hydrogens is 364 g/mol. The summed E-state index contributed by atoms with van der Waals surface area (Å²) in [6.45, 7) is 3.05. The molecule has 2 N–H and O–H groups in total. The van der Waals surface area contributed by atoms with Crippen molar-refractivity contribution >= 4 is 15.9 Å². The number of benzene rings is 2. The maximum Gasteiger partial charge on any atom is 0.254 e. The van der Waals surface area contributed by atoms with Crippen LogP contribution in [0.25, 0.3) is 0 Å². The molecule has 0 bridgehead atoms. The van der Waals surface area contributed by atoms with Crippen LogP contribution in [0.5, 0.6) is 5.75 Å². The van der Waals surface area contributed by atoms with Crippen molar-refractivity contribution in [1.29, 1.82) is 0 Å². The highest BCUT2D eigenvalue weighted by atomic mass is 32.2. The molecule has 3 rings (SSSR count). The summed E-state index contributed by atoms with van der Waals surface area (Å²) >= 11 is 0. The SMILES string of the molecule is CNS(=O)(=O)c1ccc(C)c(C(=O)N2CCC(c3ccc(O)cc3)CC2)c1. The molecule has 0 aromatic heterocycles. The lowest BCUT2D eigenvalue weighted by atomic mass is 9.89. The summed E-state index contributed by atoms with van der Waals surface area (Å²) in [5, 5.41) is 9.42. The van der Waals surface area contributed by atoms with Gasteiger partial charge in [-0.1, -0.05) is 18.2 Å². The number of carbonyl (C=O) groups is 1. The van der Waals surface area contributed by atoms with Crippen molar-refractivity contribution < 1.29 is 18.3 Å². The molecule has 27 heavy (non-hydrogen) atoms. The number of nitrogens with zero attached hydrogens (tertiary/aromatic N) is 1. The number of phenols is 1. The van der Waals surface area contributed by atoms with Crippen molar-refractivity contribution in [3.05, 3.63) is 59.2 Å². The van der Waals surface area contributed by atoms with Gasteiger partial charge >= 0.3 is 0 Å². The number of phenolic OH excluding ortho intramolecular Hbond substituents is 1. The fourth-order valence-corrected chi connectivity index (χ4v) is 4.21. The van der Waals surface area contributed by atoms with Gasteiger partial charge in [-0.05, 0) is 68.1 Å². The summed E-state index contributed by atoms with van der Waals surface area (Å²) in [4.78, 5) is 14.8. The molecule has 2 aromatic rings. The molecule has 7 heteroatoms. The van der Waals surface area contributed by atoms with Gasteiger partial charge in [-0.2, -0.15) is 0 Å². The number of nitrogens with one attached hydrogen (secondary N) is 1. The maximum atomic E-state index is 13.0. The monoisotopic (exact) mass is 388 g/mol. The van der Waals surface area contributed by atoms with Crippen LogP contribution in [0.15, 0.2) is 47.4 Å². The van der Waals surface area contributed by atoms with Crippen molar-refractivity contribution in [2.24, 2.45) is 0 Å². The third-order valence-corrected chi connectivity index (χ3v) is 6.58. The summed E-state index contributed by atoms with van der Waals surface area (Å²) in [5.41, 5.74) is 2.35. The first kappa shape index (κ1) is 19.4. The van der Waals surface area contributed by atoms with E-state index in [4.69, 9.17) is 0 Å². The van der Waals surface area contributed by atoms with Crippen molar-refractivity contribution in [1.82, 2.24) is 9.62 Å². The van der Waals surface area contributed by atoms with Crippen LogP contribution < -0.4 is 4.72 Å². The van der Waals surface area contributed by atoms with E-state index in [1.807, 2.05) is 19.1 Å². The molecule has 144 valence electrons. The first-order chi connectivity index (χ1) is 12.8. The van der Waals surface area contributed by atoms with Gasteiger partial charge in [0.05, 0.1) is 4.90 Å². The Labute approximate surface area is 159 Å². The van der Waals surface area contributed by atoms with Crippen LogP contribution in [-0.4, -0.2) is 44.5 Å². The van der Waals surface area contributed by atoms with E-state index in [2.05, 4.69) is 4.72 Å². The van der Waals surface area contributed by atoms with Gasteiger partial charge in [0.15, 0.2) is 0 Å². The molecule has 1 heterocycles. The van der Waals surface area contributed by atoms with Gasteiger partial charge in [0.25, 0.3) is 5.91 Å². The largest absolute Gasteiger partial charge is 0.508 e. The first-order valence-corrected chi connectivity index (χ1v) is 10.4. The fraction of sp³-hybridized carbons (Fsp3) is 0.350. The van der Waals surface area contributed by atoms with Crippen molar-refractivity contribution in [3.8, 4) is 5.75 Å². The average Bonchev–Trinajstić information content (AvgIpc) is 2.68. The van der Waals surface area contributed by atoms with Crippen LogP contribution in [0.4, 0.5) is 0 Å². The Bertz CT molecular complexity index is 931. The normalized spacial score (nSPS) is 15.7. The predicted octanol–water partition coefficient (Wildman–Crippen LogP) is 2.63. The van der Waals surface area contributed by atoms with Crippen LogP contribution in [0, 0.1) is 6.92 Å². The zero-order valence-electron chi connectivity index (χ0n) is 15.5. The van der Waals surface area contributed by atoms with Crippen LogP contribution in [0.3, 0.4) is 0 Å². The molecule has 2 aromatic carbocycles. The highest BCUT2D eigenvalue weighted by molar-refractivity contribution is 7.89. The smallest absolute Gasteiger partial charge is 0.254 e. The number of sulfonamides is 1. The molecule has 0 saturated carbocycles. The molecule has 0 aliphatic carbocycles. The number of piperidine rings is 1. The molecular formula is C20H24N2O4S. The number of likely N-dealkylation sites (tertiary alicyclic amines) is 1. The predicted molar refractivity (Wildman–Crippen MR) is 103 cm³/mol. The fourth-order valence-electron chi connectivity index (χ4n) is 3.45. The van der Waals surface area contributed by atoms with Crippen LogP contribution in [-0.2, 0) is 10.0 Å². The minimum Gasteiger partial charge on any atom is -0.508 e. The van der Waals surface area contributed by atoms with E-state index in [0.29, 0.717) is 24.6 Å². The third-order valence-electron chi connectivity index (χ3n) is 5.17. The van der Waals surface area contributed by atoms with Crippen LogP contribution >= 0.6 is 0 Å². The minimum atomic E-state index is -3.59. The van der Waals surface area contributed by atoms with Crippen molar-refractivity contribution in [2.45, 2.75) is 30.6 Å². The van der Waals surface area contributed by atoms with E-state index < -0.39 is 10.0 Å². The standard InChI is InChI=1S/C20H24N2O4S/c1-14-3-8-18(27(25,26)21-2)13-19(14)20(24)22-11-9-16(10-12-22)15-4-6-17(23)7-5-15/h3-8,13,16,21,23H,9-12H2,1-2H3. The molecule has 1 aliphatic rings. The minimum absolute atomic E-state index is 0.0953. The van der Waals surface area contributed by atoms with E-state index in [1.165, 1.54) is 19.2 Å². The van der Waals surface area contributed by atoms with Crippen LogP contribution in [0.2, 0.25) is 0 Å². The second-order valence-corrected chi connectivity index (χ2v) is 8.73. The number of aryl methyl sites for hydroxylation is 1. The topological polar surface area (TPSA) is 86.7 Å². The van der Waals surface area contributed by atoms with Gasteiger partial charge in [0, 0.05) is 18.7 Å². The average molecular weight is 388 g/mol. The van der Waals surface area contributed by atoms with Gasteiger partial charge in [0.1, 0.15) is 5.75 Å². The van der Waals surface area contributed by atoms with E-state index in [0.717, 1.165) is 24.0 Å². The van der Waals surface area contributed by atoms with Gasteiger partial charge in [-0.15, -0.1) is 0 Å². The number of rotatable bonds is 4. The van der Waals surface area contributed by atoms with E-state index in [-0.39, 0.29) is 16.6 Å². The Morgan fingerprint density at radius 2 is 1.74 bits per heavy atom. The zero-order valence-corrected chi connectivity index (χ0v) is 16.3. The van der Waals surface area contributed by atoms with E-state index in [9.17, 15) is 18.3 Å². The second kappa shape index (κ2) is 7.70. The van der Waals surface area contributed by atoms with Crippen molar-refractivity contribution in [2.75, 3.05) is 20.1 Å². The number of carbonyl (C=O) groups excluding carboxylic acids is 1. The molecule has 0 atom stereocenters. The molecule has 1 saturated heterocycles. The number of hydrogen-bond acceptors (Lipinski definition) is 4. The number of aromatic hydroxyl groups is 1. The highest BCUT2D eigenvalue weighted by Crippen LogP contribution is 2.30. The quantitative estimate of drug-likeness (QED) is 0.843. The molecule has 0 spiro atoms. The molecule has 0 unspecified atom stereocenters. The van der Waals surface area contributed by atoms with Gasteiger partial charge < -0.3 is 10.0 Å². The highest BCUT2D eigenvalue weighted by Gasteiger charge is 2.26. The molecule has 1 aliphatic heterocycles. The Morgan fingerprint density at radius 1 is 1.11 bits per heavy atom. The number of amides is 1. The summed E-state index contributed by atoms with van der Waals surface area (Å²) in [7, 11) is -2.24. The zero-order chi connectivity index (χ0) is 19.6. The summed E-state index contributed by atoms with van der Waals surface area (Å²) in [6, 6.07) is 11.8. The maximum absolute atomic E-state index is 13.0. The molecule has 0 radical (unpaired) electrons. The summed E-state index contributed by atoms with van der Waals surface area (Å²) in [5.74, 6) is 0.467. The first-order valence-electron chi connectivity index (χ1n) is 8.94. The van der Waals surface area contributed by atoms with Gasteiger partial charge in [-0.3, -0.25) is 4.79 Å². The molecule has 6 nitrogen and oxygen atoms in total. The summed E-state index contributed by atoms with van der Waals surface area (Å²) < 4.78 is 26.3. The second-order valence-electron chi connectivity index (χ2n) is 6.84. The lowest BCUT2D eigenvalue weighted by Gasteiger charge is -2.32. The van der Waals surface area contributed by atoms with E-state index in [1.54, 1.807) is 23.1 Å². The summed E-state index contributed by atoms with van der Waals surface area (Å²) in [6.07, 6.45) is 1.67. The Morgan fingerprint density at radius 3 is 2.33 bits per heavy atom. The lowest BCUT2D eigenvalue weighted by molar-refractivity contribution is 0.0712. The Hall–Kier alpha value is -2.38. The third kappa shape index (κ3) is 4.14. The van der Waals surface area contributed by atoms with E-state index >= 15 is 0 Å². The molecule has 1 amide bonds. The Kier molecular flexibility index (Phi) is 5.53.